The third kappa shape index (κ3) is 5.44. The number of para-hydroxylation sites is 1. The minimum absolute atomic E-state index is 0.125. The first-order valence-corrected chi connectivity index (χ1v) is 9.74. The molecule has 3 rings (SSSR count). The van der Waals surface area contributed by atoms with Gasteiger partial charge in [0.2, 0.25) is 0 Å². The van der Waals surface area contributed by atoms with Crippen molar-refractivity contribution in [3.05, 3.63) is 64.9 Å². The number of halogens is 2. The van der Waals surface area contributed by atoms with Crippen molar-refractivity contribution in [3.8, 4) is 0 Å². The van der Waals surface area contributed by atoms with Gasteiger partial charge in [-0.3, -0.25) is 9.80 Å². The number of urea groups is 1. The Hall–Kier alpha value is -2.15. The molecule has 0 aromatic heterocycles. The Bertz CT molecular complexity index is 784. The summed E-state index contributed by atoms with van der Waals surface area (Å²) in [5, 5.41) is 0.319. The average Bonchev–Trinajstić information content (AvgIpc) is 2.71. The van der Waals surface area contributed by atoms with E-state index in [1.807, 2.05) is 30.3 Å². The van der Waals surface area contributed by atoms with Crippen molar-refractivity contribution < 1.29 is 13.9 Å². The molecule has 28 heavy (non-hydrogen) atoms. The number of amides is 2. The minimum Gasteiger partial charge on any atom is -0.379 e. The number of carbonyl (C=O) groups is 1. The zero-order chi connectivity index (χ0) is 19.9. The van der Waals surface area contributed by atoms with Gasteiger partial charge >= 0.3 is 6.03 Å². The molecule has 2 amide bonds. The molecule has 1 heterocycles. The third-order valence-corrected chi connectivity index (χ3v) is 5.14. The summed E-state index contributed by atoms with van der Waals surface area (Å²) in [6, 6.07) is 13.7. The van der Waals surface area contributed by atoms with Crippen LogP contribution >= 0.6 is 11.6 Å². The number of hydrogen-bond donors (Lipinski definition) is 0. The van der Waals surface area contributed by atoms with E-state index in [2.05, 4.69) is 4.90 Å². The highest BCUT2D eigenvalue weighted by Gasteiger charge is 2.22. The van der Waals surface area contributed by atoms with Crippen LogP contribution in [-0.4, -0.2) is 62.3 Å². The molecule has 0 atom stereocenters. The Morgan fingerprint density at radius 2 is 1.89 bits per heavy atom. The lowest BCUT2D eigenvalue weighted by molar-refractivity contribution is 0.0392. The Labute approximate surface area is 170 Å². The first kappa shape index (κ1) is 20.6. The summed E-state index contributed by atoms with van der Waals surface area (Å²) in [6.45, 7) is 4.85. The van der Waals surface area contributed by atoms with Gasteiger partial charge in [-0.05, 0) is 29.8 Å². The van der Waals surface area contributed by atoms with Gasteiger partial charge in [0.1, 0.15) is 5.82 Å². The number of nitrogens with zero attached hydrogens (tertiary/aromatic N) is 3. The van der Waals surface area contributed by atoms with E-state index in [-0.39, 0.29) is 11.8 Å². The molecule has 2 aromatic carbocycles. The van der Waals surface area contributed by atoms with Gasteiger partial charge in [0, 0.05) is 50.5 Å². The van der Waals surface area contributed by atoms with Crippen molar-refractivity contribution >= 4 is 23.3 Å². The molecule has 2 aromatic rings. The largest absolute Gasteiger partial charge is 0.379 e. The van der Waals surface area contributed by atoms with Crippen LogP contribution < -0.4 is 4.90 Å². The first-order valence-electron chi connectivity index (χ1n) is 9.36. The molecule has 150 valence electrons. The van der Waals surface area contributed by atoms with E-state index in [4.69, 9.17) is 16.3 Å². The van der Waals surface area contributed by atoms with Crippen LogP contribution in [0.4, 0.5) is 14.9 Å². The lowest BCUT2D eigenvalue weighted by Gasteiger charge is -2.32. The standard InChI is InChI=1S/C21H25ClFN3O2/c1-24(16-17-7-8-18(23)15-20(17)22)21(27)26(19-5-3-2-4-6-19)10-9-25-11-13-28-14-12-25/h2-8,15H,9-14,16H2,1H3. The lowest BCUT2D eigenvalue weighted by atomic mass is 10.2. The van der Waals surface area contributed by atoms with Gasteiger partial charge in [0.15, 0.2) is 0 Å². The minimum atomic E-state index is -0.390. The molecule has 0 bridgehead atoms. The third-order valence-electron chi connectivity index (χ3n) is 4.79. The summed E-state index contributed by atoms with van der Waals surface area (Å²) < 4.78 is 18.7. The van der Waals surface area contributed by atoms with E-state index in [1.165, 1.54) is 12.1 Å². The number of rotatable bonds is 6. The summed E-state index contributed by atoms with van der Waals surface area (Å²) in [5.74, 6) is -0.390. The maximum atomic E-state index is 13.3. The van der Waals surface area contributed by atoms with Crippen molar-refractivity contribution in [3.63, 3.8) is 0 Å². The van der Waals surface area contributed by atoms with Gasteiger partial charge in [-0.15, -0.1) is 0 Å². The lowest BCUT2D eigenvalue weighted by Crippen LogP contribution is -2.46. The molecule has 0 unspecified atom stereocenters. The summed E-state index contributed by atoms with van der Waals surface area (Å²) >= 11 is 6.13. The maximum Gasteiger partial charge on any atom is 0.324 e. The van der Waals surface area contributed by atoms with Crippen molar-refractivity contribution in [2.45, 2.75) is 6.54 Å². The van der Waals surface area contributed by atoms with Crippen molar-refractivity contribution in [2.24, 2.45) is 0 Å². The number of morpholine rings is 1. The molecule has 1 aliphatic heterocycles. The van der Waals surface area contributed by atoms with Gasteiger partial charge in [0.25, 0.3) is 0 Å². The zero-order valence-electron chi connectivity index (χ0n) is 16.0. The van der Waals surface area contributed by atoms with Crippen LogP contribution in [0.25, 0.3) is 0 Å². The van der Waals surface area contributed by atoms with Crippen LogP contribution in [0.1, 0.15) is 5.56 Å². The van der Waals surface area contributed by atoms with E-state index in [9.17, 15) is 9.18 Å². The second kappa shape index (κ2) is 9.87. The van der Waals surface area contributed by atoms with E-state index >= 15 is 0 Å². The predicted molar refractivity (Wildman–Crippen MR) is 109 cm³/mol. The Balaban J connectivity index is 1.71. The Morgan fingerprint density at radius 3 is 2.57 bits per heavy atom. The van der Waals surface area contributed by atoms with Crippen LogP contribution in [0.2, 0.25) is 5.02 Å². The van der Waals surface area contributed by atoms with Crippen LogP contribution in [0.15, 0.2) is 48.5 Å². The summed E-state index contributed by atoms with van der Waals surface area (Å²) in [5.41, 5.74) is 1.55. The number of anilines is 1. The van der Waals surface area contributed by atoms with Crippen molar-refractivity contribution in [2.75, 3.05) is 51.3 Å². The molecule has 0 saturated carbocycles. The Kier molecular flexibility index (Phi) is 7.25. The molecule has 1 saturated heterocycles. The molecule has 0 spiro atoms. The summed E-state index contributed by atoms with van der Waals surface area (Å²) in [4.78, 5) is 18.9. The second-order valence-electron chi connectivity index (χ2n) is 6.82. The van der Waals surface area contributed by atoms with Crippen LogP contribution in [0.3, 0.4) is 0 Å². The topological polar surface area (TPSA) is 36.0 Å². The van der Waals surface area contributed by atoms with Crippen molar-refractivity contribution in [1.29, 1.82) is 0 Å². The van der Waals surface area contributed by atoms with Crippen LogP contribution in [0, 0.1) is 5.82 Å². The highest BCUT2D eigenvalue weighted by Crippen LogP contribution is 2.21. The van der Waals surface area contributed by atoms with E-state index in [0.29, 0.717) is 23.7 Å². The molecule has 1 fully saturated rings. The number of carbonyl (C=O) groups excluding carboxylic acids is 1. The zero-order valence-corrected chi connectivity index (χ0v) is 16.7. The van der Waals surface area contributed by atoms with E-state index < -0.39 is 0 Å². The van der Waals surface area contributed by atoms with Gasteiger partial charge < -0.3 is 9.64 Å². The van der Waals surface area contributed by atoms with Crippen LogP contribution in [0.5, 0.6) is 0 Å². The highest BCUT2D eigenvalue weighted by molar-refractivity contribution is 6.31. The number of ether oxygens (including phenoxy) is 1. The molecular weight excluding hydrogens is 381 g/mol. The smallest absolute Gasteiger partial charge is 0.324 e. The van der Waals surface area contributed by atoms with Gasteiger partial charge in [-0.25, -0.2) is 9.18 Å². The van der Waals surface area contributed by atoms with E-state index in [1.54, 1.807) is 22.9 Å². The van der Waals surface area contributed by atoms with Gasteiger partial charge in [0.05, 0.1) is 13.2 Å². The number of benzene rings is 2. The average molecular weight is 406 g/mol. The van der Waals surface area contributed by atoms with Crippen molar-refractivity contribution in [1.82, 2.24) is 9.80 Å². The molecule has 0 aliphatic carbocycles. The highest BCUT2D eigenvalue weighted by atomic mass is 35.5. The summed E-state index contributed by atoms with van der Waals surface area (Å²) in [7, 11) is 1.73. The fraction of sp³-hybridized carbons (Fsp3) is 0.381. The Morgan fingerprint density at radius 1 is 1.18 bits per heavy atom. The molecule has 1 aliphatic rings. The normalized spacial score (nSPS) is 14.7. The van der Waals surface area contributed by atoms with Crippen LogP contribution in [-0.2, 0) is 11.3 Å². The fourth-order valence-electron chi connectivity index (χ4n) is 3.19. The second-order valence-corrected chi connectivity index (χ2v) is 7.22. The van der Waals surface area contributed by atoms with Gasteiger partial charge in [-0.1, -0.05) is 35.9 Å². The maximum absolute atomic E-state index is 13.3. The molecule has 0 radical (unpaired) electrons. The molecule has 5 nitrogen and oxygen atoms in total. The fourth-order valence-corrected chi connectivity index (χ4v) is 3.42. The SMILES string of the molecule is CN(Cc1ccc(F)cc1Cl)C(=O)N(CCN1CCOCC1)c1ccccc1. The molecule has 0 N–H and O–H groups in total. The monoisotopic (exact) mass is 405 g/mol. The number of hydrogen-bond acceptors (Lipinski definition) is 3. The summed E-state index contributed by atoms with van der Waals surface area (Å²) in [6.07, 6.45) is 0. The van der Waals surface area contributed by atoms with E-state index in [0.717, 1.165) is 38.5 Å². The molecule has 7 heteroatoms. The molecular formula is C21H25ClFN3O2. The first-order chi connectivity index (χ1) is 13.5. The predicted octanol–water partition coefficient (Wildman–Crippen LogP) is 3.87. The quantitative estimate of drug-likeness (QED) is 0.732. The van der Waals surface area contributed by atoms with Gasteiger partial charge in [-0.2, -0.15) is 0 Å².